The minimum Gasteiger partial charge on any atom is -0.380 e. The van der Waals surface area contributed by atoms with Crippen molar-refractivity contribution >= 4 is 49.7 Å². The van der Waals surface area contributed by atoms with Crippen molar-refractivity contribution in [3.05, 3.63) is 53.1 Å². The molecule has 12 heteroatoms. The van der Waals surface area contributed by atoms with Crippen LogP contribution in [0.2, 0.25) is 5.02 Å². The Morgan fingerprint density at radius 3 is 2.74 bits per heavy atom. The van der Waals surface area contributed by atoms with E-state index < -0.39 is 15.8 Å². The fourth-order valence-corrected chi connectivity index (χ4v) is 4.93. The van der Waals surface area contributed by atoms with Gasteiger partial charge in [-0.25, -0.2) is 22.8 Å². The topological polar surface area (TPSA) is 106 Å². The lowest BCUT2D eigenvalue weighted by molar-refractivity contribution is 0.0408. The first kappa shape index (κ1) is 24.6. The number of rotatable bonds is 9. The number of benzene rings is 2. The van der Waals surface area contributed by atoms with Crippen LogP contribution in [0.4, 0.5) is 21.6 Å². The van der Waals surface area contributed by atoms with E-state index in [1.54, 1.807) is 12.1 Å². The Bertz CT molecular complexity index is 1270. The van der Waals surface area contributed by atoms with Gasteiger partial charge in [0.1, 0.15) is 18.0 Å². The van der Waals surface area contributed by atoms with Gasteiger partial charge in [-0.15, -0.1) is 0 Å². The van der Waals surface area contributed by atoms with Gasteiger partial charge in [-0.1, -0.05) is 11.6 Å². The third kappa shape index (κ3) is 6.10. The second-order valence-electron chi connectivity index (χ2n) is 7.81. The van der Waals surface area contributed by atoms with Gasteiger partial charge < -0.3 is 14.8 Å². The van der Waals surface area contributed by atoms with Gasteiger partial charge in [0.05, 0.1) is 41.8 Å². The molecule has 0 bridgehead atoms. The number of nitrogens with zero attached hydrogens (tertiary/aromatic N) is 3. The highest BCUT2D eigenvalue weighted by molar-refractivity contribution is 7.92. The summed E-state index contributed by atoms with van der Waals surface area (Å²) >= 11 is 5.89. The lowest BCUT2D eigenvalue weighted by atomic mass is 10.1. The number of sulfonamides is 1. The zero-order valence-corrected chi connectivity index (χ0v) is 20.1. The molecule has 34 heavy (non-hydrogen) atoms. The molecule has 3 aromatic rings. The van der Waals surface area contributed by atoms with Gasteiger partial charge in [0.15, 0.2) is 0 Å². The summed E-state index contributed by atoms with van der Waals surface area (Å²) in [4.78, 5) is 10.6. The molecular formula is C22H25ClFN5O4S. The highest BCUT2D eigenvalue weighted by Crippen LogP contribution is 2.30. The Hall–Kier alpha value is -2.57. The number of halogens is 2. The molecule has 2 heterocycles. The normalized spacial score (nSPS) is 14.9. The number of aromatic nitrogens is 2. The number of morpholine rings is 1. The predicted octanol–water partition coefficient (Wildman–Crippen LogP) is 3.39. The van der Waals surface area contributed by atoms with Crippen molar-refractivity contribution in [2.75, 3.05) is 55.7 Å². The van der Waals surface area contributed by atoms with Gasteiger partial charge in [0, 0.05) is 43.4 Å². The summed E-state index contributed by atoms with van der Waals surface area (Å²) in [5, 5.41) is 3.64. The van der Waals surface area contributed by atoms with Crippen LogP contribution < -0.4 is 10.0 Å². The van der Waals surface area contributed by atoms with Crippen molar-refractivity contribution in [2.24, 2.45) is 0 Å². The summed E-state index contributed by atoms with van der Waals surface area (Å²) in [5.41, 5.74) is 2.14. The van der Waals surface area contributed by atoms with Crippen LogP contribution in [0, 0.1) is 5.82 Å². The van der Waals surface area contributed by atoms with Crippen molar-refractivity contribution < 1.29 is 22.3 Å². The number of hydrogen-bond donors (Lipinski definition) is 2. The Balaban J connectivity index is 1.62. The number of methoxy groups -OCH3 is 1. The first-order chi connectivity index (χ1) is 16.3. The van der Waals surface area contributed by atoms with Gasteiger partial charge in [0.25, 0.3) is 0 Å². The van der Waals surface area contributed by atoms with Crippen LogP contribution in [0.15, 0.2) is 36.7 Å². The quantitative estimate of drug-likeness (QED) is 0.452. The van der Waals surface area contributed by atoms with E-state index in [9.17, 15) is 12.8 Å². The van der Waals surface area contributed by atoms with Crippen LogP contribution in [0.5, 0.6) is 0 Å². The zero-order chi connectivity index (χ0) is 24.1. The summed E-state index contributed by atoms with van der Waals surface area (Å²) in [6, 6.07) is 7.65. The summed E-state index contributed by atoms with van der Waals surface area (Å²) in [5.74, 6) is -0.162. The van der Waals surface area contributed by atoms with E-state index in [0.717, 1.165) is 0 Å². The van der Waals surface area contributed by atoms with E-state index in [0.29, 0.717) is 66.5 Å². The first-order valence-corrected chi connectivity index (χ1v) is 12.7. The van der Waals surface area contributed by atoms with E-state index in [1.807, 2.05) is 0 Å². The molecule has 1 aliphatic heterocycles. The summed E-state index contributed by atoms with van der Waals surface area (Å²) in [6.45, 7) is 3.22. The first-order valence-electron chi connectivity index (χ1n) is 10.6. The number of fused-ring (bicyclic) bond motifs is 1. The third-order valence-corrected chi connectivity index (χ3v) is 6.93. The molecule has 4 rings (SSSR count). The molecule has 0 saturated carbocycles. The van der Waals surface area contributed by atoms with Crippen LogP contribution in [0.25, 0.3) is 10.9 Å². The molecule has 0 spiro atoms. The molecule has 1 saturated heterocycles. The van der Waals surface area contributed by atoms with E-state index in [-0.39, 0.29) is 17.4 Å². The molecular weight excluding hydrogens is 485 g/mol. The summed E-state index contributed by atoms with van der Waals surface area (Å²) in [6.07, 6.45) is 1.39. The lowest BCUT2D eigenvalue weighted by Crippen LogP contribution is -2.39. The van der Waals surface area contributed by atoms with Crippen LogP contribution in [0.3, 0.4) is 0 Å². The third-order valence-electron chi connectivity index (χ3n) is 5.39. The Kier molecular flexibility index (Phi) is 7.79. The molecule has 9 nitrogen and oxygen atoms in total. The Morgan fingerprint density at radius 1 is 1.21 bits per heavy atom. The summed E-state index contributed by atoms with van der Waals surface area (Å²) in [7, 11) is -2.10. The molecule has 0 atom stereocenters. The van der Waals surface area contributed by atoms with Gasteiger partial charge in [-0.05, 0) is 30.3 Å². The molecule has 0 unspecified atom stereocenters. The molecule has 0 amide bonds. The zero-order valence-electron chi connectivity index (χ0n) is 18.6. The lowest BCUT2D eigenvalue weighted by Gasteiger charge is -2.26. The molecule has 1 fully saturated rings. The number of anilines is 3. The minimum atomic E-state index is -3.63. The van der Waals surface area contributed by atoms with E-state index in [4.69, 9.17) is 21.1 Å². The minimum absolute atomic E-state index is 0.0283. The fourth-order valence-electron chi connectivity index (χ4n) is 3.62. The van der Waals surface area contributed by atoms with Gasteiger partial charge in [-0.3, -0.25) is 9.62 Å². The van der Waals surface area contributed by atoms with Crippen molar-refractivity contribution in [1.82, 2.24) is 14.9 Å². The fraction of sp³-hybridized carbons (Fsp3) is 0.364. The average Bonchev–Trinajstić information content (AvgIpc) is 2.82. The number of nitrogens with one attached hydrogen (secondary N) is 2. The molecule has 1 aromatic heterocycles. The van der Waals surface area contributed by atoms with Crippen LogP contribution in [-0.4, -0.2) is 69.0 Å². The SMILES string of the molecule is COCc1cc2ncnc(Nc3ccc(F)c(Cl)c3)c2cc1NS(=O)(=O)CCN1CCOCC1. The smallest absolute Gasteiger partial charge is 0.233 e. The maximum Gasteiger partial charge on any atom is 0.233 e. The predicted molar refractivity (Wildman–Crippen MR) is 130 cm³/mol. The molecule has 0 radical (unpaired) electrons. The van der Waals surface area contributed by atoms with Crippen molar-refractivity contribution in [1.29, 1.82) is 0 Å². The molecule has 0 aliphatic carbocycles. The maximum absolute atomic E-state index is 13.5. The van der Waals surface area contributed by atoms with Gasteiger partial charge in [0.2, 0.25) is 10.0 Å². The van der Waals surface area contributed by atoms with Crippen molar-refractivity contribution in [2.45, 2.75) is 6.61 Å². The van der Waals surface area contributed by atoms with E-state index >= 15 is 0 Å². The number of ether oxygens (including phenoxy) is 2. The second kappa shape index (κ2) is 10.8. The molecule has 2 aromatic carbocycles. The summed E-state index contributed by atoms with van der Waals surface area (Å²) < 4.78 is 52.6. The average molecular weight is 510 g/mol. The van der Waals surface area contributed by atoms with E-state index in [2.05, 4.69) is 24.9 Å². The molecule has 182 valence electrons. The standard InChI is InChI=1S/C22H25ClFN5O4S/c1-32-13-15-10-21-17(22(26-14-25-21)27-16-2-3-19(24)18(23)11-16)12-20(15)28-34(30,31)9-6-29-4-7-33-8-5-29/h2-3,10-12,14,28H,4-9,13H2,1H3,(H,25,26,27). The molecule has 2 N–H and O–H groups in total. The number of hydrogen-bond acceptors (Lipinski definition) is 8. The van der Waals surface area contributed by atoms with Gasteiger partial charge in [-0.2, -0.15) is 0 Å². The highest BCUT2D eigenvalue weighted by Gasteiger charge is 2.19. The van der Waals surface area contributed by atoms with Crippen LogP contribution in [0.1, 0.15) is 5.56 Å². The van der Waals surface area contributed by atoms with Crippen LogP contribution >= 0.6 is 11.6 Å². The van der Waals surface area contributed by atoms with Gasteiger partial charge >= 0.3 is 0 Å². The molecule has 1 aliphatic rings. The highest BCUT2D eigenvalue weighted by atomic mass is 35.5. The largest absolute Gasteiger partial charge is 0.380 e. The Labute approximate surface area is 202 Å². The van der Waals surface area contributed by atoms with Crippen LogP contribution in [-0.2, 0) is 26.1 Å². The van der Waals surface area contributed by atoms with Crippen molar-refractivity contribution in [3.63, 3.8) is 0 Å². The van der Waals surface area contributed by atoms with Crippen molar-refractivity contribution in [3.8, 4) is 0 Å². The van der Waals surface area contributed by atoms with E-state index in [1.165, 1.54) is 31.6 Å². The monoisotopic (exact) mass is 509 g/mol. The Morgan fingerprint density at radius 2 is 2.00 bits per heavy atom. The second-order valence-corrected chi connectivity index (χ2v) is 10.1. The maximum atomic E-state index is 13.5.